The van der Waals surface area contributed by atoms with Crippen molar-refractivity contribution in [2.24, 2.45) is 0 Å². The zero-order valence-electron chi connectivity index (χ0n) is 16.0. The summed E-state index contributed by atoms with van der Waals surface area (Å²) in [5.41, 5.74) is 3.52. The van der Waals surface area contributed by atoms with Gasteiger partial charge in [-0.1, -0.05) is 36.4 Å². The van der Waals surface area contributed by atoms with Gasteiger partial charge in [-0.15, -0.1) is 0 Å². The third-order valence-electron chi connectivity index (χ3n) is 4.94. The third kappa shape index (κ3) is 5.97. The topological polar surface area (TPSA) is 42.8 Å². The van der Waals surface area contributed by atoms with Crippen LogP contribution >= 0.6 is 0 Å². The van der Waals surface area contributed by atoms with Gasteiger partial charge >= 0.3 is 0 Å². The van der Waals surface area contributed by atoms with E-state index in [4.69, 9.17) is 4.74 Å². The Hall–Kier alpha value is -2.59. The molecular weight excluding hydrogens is 336 g/mol. The van der Waals surface area contributed by atoms with Crippen LogP contribution < -0.4 is 15.0 Å². The highest BCUT2D eigenvalue weighted by atomic mass is 16.5. The Morgan fingerprint density at radius 1 is 1.07 bits per heavy atom. The lowest BCUT2D eigenvalue weighted by Gasteiger charge is -2.15. The van der Waals surface area contributed by atoms with E-state index in [-0.39, 0.29) is 5.91 Å². The molecule has 1 saturated heterocycles. The van der Waals surface area contributed by atoms with Gasteiger partial charge in [0.2, 0.25) is 5.91 Å². The van der Waals surface area contributed by atoms with Crippen LogP contribution in [0.3, 0.4) is 0 Å². The summed E-state index contributed by atoms with van der Waals surface area (Å²) in [5, 5.41) is 3.01. The summed E-state index contributed by atoms with van der Waals surface area (Å²) in [7, 11) is 0. The highest BCUT2D eigenvalue weighted by molar-refractivity contribution is 5.91. The van der Waals surface area contributed by atoms with Crippen LogP contribution in [-0.4, -0.2) is 25.6 Å². The number of amides is 1. The van der Waals surface area contributed by atoms with Crippen molar-refractivity contribution in [1.29, 1.82) is 0 Å². The smallest absolute Gasteiger partial charge is 0.244 e. The predicted octanol–water partition coefficient (Wildman–Crippen LogP) is 2.59. The quantitative estimate of drug-likeness (QED) is 0.706. The highest BCUT2D eigenvalue weighted by Gasteiger charge is 2.17. The zero-order valence-corrected chi connectivity index (χ0v) is 16.0. The second kappa shape index (κ2) is 9.93. The molecule has 1 heterocycles. The van der Waals surface area contributed by atoms with Gasteiger partial charge in [0.25, 0.3) is 0 Å². The van der Waals surface area contributed by atoms with Crippen LogP contribution in [0.15, 0.2) is 54.6 Å². The summed E-state index contributed by atoms with van der Waals surface area (Å²) < 4.78 is 5.43. The van der Waals surface area contributed by atoms with Gasteiger partial charge in [-0.3, -0.25) is 4.79 Å². The van der Waals surface area contributed by atoms with Crippen molar-refractivity contribution in [3.05, 3.63) is 71.3 Å². The van der Waals surface area contributed by atoms with Gasteiger partial charge < -0.3 is 15.0 Å². The maximum absolute atomic E-state index is 12.2. The molecule has 0 spiro atoms. The second-order valence-electron chi connectivity index (χ2n) is 6.96. The number of hydrogen-bond donors (Lipinski definition) is 2. The van der Waals surface area contributed by atoms with Crippen LogP contribution in [0.1, 0.15) is 36.5 Å². The minimum Gasteiger partial charge on any atom is -0.494 e. The first-order valence-corrected chi connectivity index (χ1v) is 9.83. The number of nitrogens with one attached hydrogen (secondary N) is 2. The number of carbonyl (C=O) groups is 1. The van der Waals surface area contributed by atoms with E-state index in [0.717, 1.165) is 17.9 Å². The second-order valence-corrected chi connectivity index (χ2v) is 6.96. The number of quaternary nitrogens is 1. The van der Waals surface area contributed by atoms with E-state index in [1.165, 1.54) is 37.1 Å². The third-order valence-corrected chi connectivity index (χ3v) is 4.94. The Morgan fingerprint density at radius 2 is 1.78 bits per heavy atom. The standard InChI is InChI=1S/C23H28N2O2/c1-2-27-22-12-9-19(10-13-22)11-14-23(26)24-17-20-7-3-4-8-21(20)18-25-15-5-6-16-25/h3-4,7-14H,2,5-6,15-18H2,1H3,(H,24,26)/p+1/b14-11+. The minimum absolute atomic E-state index is 0.0767. The molecule has 2 N–H and O–H groups in total. The predicted molar refractivity (Wildman–Crippen MR) is 109 cm³/mol. The molecule has 4 nitrogen and oxygen atoms in total. The number of ether oxygens (including phenoxy) is 1. The fraction of sp³-hybridized carbons (Fsp3) is 0.348. The van der Waals surface area contributed by atoms with E-state index < -0.39 is 0 Å². The molecule has 0 radical (unpaired) electrons. The first-order chi connectivity index (χ1) is 13.2. The molecule has 0 atom stereocenters. The molecule has 2 aromatic carbocycles. The Labute approximate surface area is 161 Å². The zero-order chi connectivity index (χ0) is 18.9. The van der Waals surface area contributed by atoms with Gasteiger partial charge in [0.15, 0.2) is 0 Å². The number of carbonyl (C=O) groups excluding carboxylic acids is 1. The number of likely N-dealkylation sites (tertiary alicyclic amines) is 1. The van der Waals surface area contributed by atoms with Crippen LogP contribution in [0.5, 0.6) is 5.75 Å². The fourth-order valence-corrected chi connectivity index (χ4v) is 3.48. The van der Waals surface area contributed by atoms with Crippen molar-refractivity contribution >= 4 is 12.0 Å². The van der Waals surface area contributed by atoms with E-state index in [1.807, 2.05) is 43.3 Å². The summed E-state index contributed by atoms with van der Waals surface area (Å²) in [5.74, 6) is 0.767. The van der Waals surface area contributed by atoms with Gasteiger partial charge in [0.05, 0.1) is 19.7 Å². The Bertz CT molecular complexity index is 762. The van der Waals surface area contributed by atoms with E-state index in [1.54, 1.807) is 11.0 Å². The van der Waals surface area contributed by atoms with E-state index >= 15 is 0 Å². The fourth-order valence-electron chi connectivity index (χ4n) is 3.48. The van der Waals surface area contributed by atoms with Crippen molar-refractivity contribution in [1.82, 2.24) is 5.32 Å². The Morgan fingerprint density at radius 3 is 2.48 bits per heavy atom. The van der Waals surface area contributed by atoms with Crippen LogP contribution in [-0.2, 0) is 17.9 Å². The first-order valence-electron chi connectivity index (χ1n) is 9.83. The van der Waals surface area contributed by atoms with Crippen LogP contribution in [0.4, 0.5) is 0 Å². The number of benzene rings is 2. The van der Waals surface area contributed by atoms with Crippen molar-refractivity contribution < 1.29 is 14.4 Å². The van der Waals surface area contributed by atoms with Crippen LogP contribution in [0.25, 0.3) is 6.08 Å². The summed E-state index contributed by atoms with van der Waals surface area (Å²) in [6.07, 6.45) is 6.06. The number of hydrogen-bond acceptors (Lipinski definition) is 2. The van der Waals surface area contributed by atoms with Gasteiger partial charge in [-0.05, 0) is 36.3 Å². The highest BCUT2D eigenvalue weighted by Crippen LogP contribution is 2.13. The van der Waals surface area contributed by atoms with Crippen molar-refractivity contribution in [3.8, 4) is 5.75 Å². The van der Waals surface area contributed by atoms with E-state index in [0.29, 0.717) is 13.2 Å². The van der Waals surface area contributed by atoms with Gasteiger partial charge in [0.1, 0.15) is 12.3 Å². The molecule has 27 heavy (non-hydrogen) atoms. The molecule has 1 amide bonds. The lowest BCUT2D eigenvalue weighted by Crippen LogP contribution is -3.08. The summed E-state index contributed by atoms with van der Waals surface area (Å²) in [4.78, 5) is 13.8. The molecule has 0 aliphatic carbocycles. The molecule has 0 bridgehead atoms. The minimum atomic E-state index is -0.0767. The van der Waals surface area contributed by atoms with Crippen LogP contribution in [0.2, 0.25) is 0 Å². The summed E-state index contributed by atoms with van der Waals surface area (Å²) in [6, 6.07) is 16.1. The molecule has 1 fully saturated rings. The molecule has 4 heteroatoms. The largest absolute Gasteiger partial charge is 0.494 e. The molecular formula is C23H29N2O2+. The molecule has 1 aliphatic rings. The van der Waals surface area contributed by atoms with Gasteiger partial charge in [-0.25, -0.2) is 0 Å². The van der Waals surface area contributed by atoms with E-state index in [2.05, 4.69) is 23.5 Å². The monoisotopic (exact) mass is 365 g/mol. The Balaban J connectivity index is 1.52. The number of rotatable bonds is 8. The van der Waals surface area contributed by atoms with Crippen LogP contribution in [0, 0.1) is 0 Å². The van der Waals surface area contributed by atoms with Gasteiger partial charge in [0, 0.05) is 31.0 Å². The maximum atomic E-state index is 12.2. The average molecular weight is 365 g/mol. The molecule has 0 aromatic heterocycles. The molecule has 1 aliphatic heterocycles. The Kier molecular flexibility index (Phi) is 7.05. The molecule has 3 rings (SSSR count). The first kappa shape index (κ1) is 19.2. The normalized spacial score (nSPS) is 14.6. The van der Waals surface area contributed by atoms with Crippen molar-refractivity contribution in [3.63, 3.8) is 0 Å². The molecule has 142 valence electrons. The summed E-state index contributed by atoms with van der Waals surface area (Å²) in [6.45, 7) is 6.74. The van der Waals surface area contributed by atoms with Crippen molar-refractivity contribution in [2.45, 2.75) is 32.9 Å². The summed E-state index contributed by atoms with van der Waals surface area (Å²) >= 11 is 0. The molecule has 0 unspecified atom stereocenters. The lowest BCUT2D eigenvalue weighted by atomic mass is 10.1. The maximum Gasteiger partial charge on any atom is 0.244 e. The van der Waals surface area contributed by atoms with Gasteiger partial charge in [-0.2, -0.15) is 0 Å². The van der Waals surface area contributed by atoms with E-state index in [9.17, 15) is 4.79 Å². The molecule has 0 saturated carbocycles. The molecule has 2 aromatic rings. The lowest BCUT2D eigenvalue weighted by molar-refractivity contribution is -0.901. The van der Waals surface area contributed by atoms with Crippen molar-refractivity contribution in [2.75, 3.05) is 19.7 Å². The SMILES string of the molecule is CCOc1ccc(/C=C/C(=O)NCc2ccccc2C[NH+]2CCCC2)cc1. The average Bonchev–Trinajstić information content (AvgIpc) is 3.20.